The third-order valence-corrected chi connectivity index (χ3v) is 11.8. The highest BCUT2D eigenvalue weighted by molar-refractivity contribution is 6.09. The van der Waals surface area contributed by atoms with Gasteiger partial charge in [-0.3, -0.25) is 0 Å². The first-order valence-corrected chi connectivity index (χ1v) is 19.5. The maximum atomic E-state index is 6.38. The number of hydrogen-bond donors (Lipinski definition) is 0. The van der Waals surface area contributed by atoms with Crippen LogP contribution in [0.5, 0.6) is 0 Å². The fourth-order valence-corrected chi connectivity index (χ4v) is 8.96. The van der Waals surface area contributed by atoms with Crippen LogP contribution in [-0.4, -0.2) is 9.97 Å². The van der Waals surface area contributed by atoms with E-state index in [4.69, 9.17) is 14.4 Å². The van der Waals surface area contributed by atoms with Crippen LogP contribution in [0.1, 0.15) is 23.6 Å². The van der Waals surface area contributed by atoms with Gasteiger partial charge in [-0.25, -0.2) is 9.97 Å². The molecule has 3 nitrogen and oxygen atoms in total. The van der Waals surface area contributed by atoms with Crippen molar-refractivity contribution in [3.63, 3.8) is 0 Å². The average Bonchev–Trinajstić information content (AvgIpc) is 3.80. The molecule has 0 amide bonds. The molecule has 0 fully saturated rings. The number of para-hydroxylation sites is 2. The Hall–Kier alpha value is -7.36. The Morgan fingerprint density at radius 3 is 1.82 bits per heavy atom. The number of aromatic nitrogens is 2. The van der Waals surface area contributed by atoms with Crippen molar-refractivity contribution < 1.29 is 4.42 Å². The van der Waals surface area contributed by atoms with Crippen LogP contribution < -0.4 is 0 Å². The van der Waals surface area contributed by atoms with E-state index in [0.29, 0.717) is 5.82 Å². The number of hydrogen-bond acceptors (Lipinski definition) is 3. The Morgan fingerprint density at radius 2 is 0.982 bits per heavy atom. The fourth-order valence-electron chi connectivity index (χ4n) is 8.96. The molecular formula is C54H36N2O. The van der Waals surface area contributed by atoms with E-state index in [1.54, 1.807) is 0 Å². The predicted octanol–water partition coefficient (Wildman–Crippen LogP) is 14.0. The van der Waals surface area contributed by atoms with Crippen LogP contribution in [0.15, 0.2) is 205 Å². The molecule has 2 aromatic heterocycles. The summed E-state index contributed by atoms with van der Waals surface area (Å²) < 4.78 is 6.38. The number of benzene rings is 8. The monoisotopic (exact) mass is 728 g/mol. The zero-order chi connectivity index (χ0) is 37.9. The molecule has 57 heavy (non-hydrogen) atoms. The van der Waals surface area contributed by atoms with E-state index in [0.717, 1.165) is 66.7 Å². The highest BCUT2D eigenvalue weighted by Crippen LogP contribution is 2.55. The Kier molecular flexibility index (Phi) is 7.61. The molecule has 1 aliphatic carbocycles. The summed E-state index contributed by atoms with van der Waals surface area (Å²) in [7, 11) is 0. The Morgan fingerprint density at radius 1 is 0.404 bits per heavy atom. The third kappa shape index (κ3) is 5.35. The lowest BCUT2D eigenvalue weighted by Crippen LogP contribution is -2.22. The summed E-state index contributed by atoms with van der Waals surface area (Å²) in [6.45, 7) is 2.37. The highest BCUT2D eigenvalue weighted by Gasteiger charge is 2.41. The Balaban J connectivity index is 1.02. The van der Waals surface area contributed by atoms with Crippen molar-refractivity contribution in [2.24, 2.45) is 0 Å². The van der Waals surface area contributed by atoms with Crippen molar-refractivity contribution in [1.29, 1.82) is 0 Å². The van der Waals surface area contributed by atoms with E-state index in [1.807, 2.05) is 30.3 Å². The van der Waals surface area contributed by atoms with Crippen molar-refractivity contribution in [3.8, 4) is 67.3 Å². The van der Waals surface area contributed by atoms with Gasteiger partial charge in [0.05, 0.1) is 11.4 Å². The van der Waals surface area contributed by atoms with Gasteiger partial charge in [-0.15, -0.1) is 0 Å². The minimum absolute atomic E-state index is 0.263. The largest absolute Gasteiger partial charge is 0.455 e. The van der Waals surface area contributed by atoms with Crippen LogP contribution in [0.4, 0.5) is 0 Å². The van der Waals surface area contributed by atoms with Crippen LogP contribution in [0, 0.1) is 0 Å². The first kappa shape index (κ1) is 33.0. The lowest BCUT2D eigenvalue weighted by molar-refractivity contribution is 0.670. The Bertz CT molecular complexity index is 3130. The summed E-state index contributed by atoms with van der Waals surface area (Å²) in [5.41, 5.74) is 17.4. The molecule has 0 radical (unpaired) electrons. The molecule has 1 aliphatic rings. The number of nitrogens with zero attached hydrogens (tertiary/aromatic N) is 2. The van der Waals surface area contributed by atoms with E-state index in [1.165, 1.54) is 33.4 Å². The predicted molar refractivity (Wildman–Crippen MR) is 234 cm³/mol. The molecule has 2 heterocycles. The number of rotatable bonds is 6. The maximum absolute atomic E-state index is 6.38. The molecule has 0 bridgehead atoms. The minimum atomic E-state index is -0.263. The number of furan rings is 1. The highest BCUT2D eigenvalue weighted by atomic mass is 16.3. The van der Waals surface area contributed by atoms with Crippen LogP contribution >= 0.6 is 0 Å². The molecule has 0 saturated carbocycles. The van der Waals surface area contributed by atoms with Gasteiger partial charge < -0.3 is 4.42 Å². The second-order valence-corrected chi connectivity index (χ2v) is 15.0. The smallest absolute Gasteiger partial charge is 0.160 e. The van der Waals surface area contributed by atoms with Gasteiger partial charge in [-0.2, -0.15) is 0 Å². The maximum Gasteiger partial charge on any atom is 0.160 e. The Labute approximate surface area is 331 Å². The molecule has 8 aromatic carbocycles. The van der Waals surface area contributed by atoms with Crippen molar-refractivity contribution in [2.45, 2.75) is 12.3 Å². The summed E-state index contributed by atoms with van der Waals surface area (Å²) in [5.74, 6) is 0.692. The van der Waals surface area contributed by atoms with E-state index < -0.39 is 0 Å². The van der Waals surface area contributed by atoms with Crippen LogP contribution in [0.25, 0.3) is 89.2 Å². The normalized spacial score (nSPS) is 14.5. The van der Waals surface area contributed by atoms with Crippen molar-refractivity contribution in [2.75, 3.05) is 0 Å². The van der Waals surface area contributed by atoms with E-state index in [9.17, 15) is 0 Å². The van der Waals surface area contributed by atoms with Crippen molar-refractivity contribution >= 4 is 21.9 Å². The van der Waals surface area contributed by atoms with E-state index in [2.05, 4.69) is 177 Å². The van der Waals surface area contributed by atoms with Gasteiger partial charge >= 0.3 is 0 Å². The fraction of sp³-hybridized carbons (Fsp3) is 0.0370. The molecule has 11 rings (SSSR count). The molecule has 1 unspecified atom stereocenters. The van der Waals surface area contributed by atoms with Gasteiger partial charge in [0.15, 0.2) is 5.82 Å². The van der Waals surface area contributed by atoms with Gasteiger partial charge in [0.1, 0.15) is 11.2 Å². The molecular weight excluding hydrogens is 693 g/mol. The van der Waals surface area contributed by atoms with Gasteiger partial charge in [0, 0.05) is 38.4 Å². The quantitative estimate of drug-likeness (QED) is 0.171. The summed E-state index contributed by atoms with van der Waals surface area (Å²) >= 11 is 0. The second-order valence-electron chi connectivity index (χ2n) is 15.0. The van der Waals surface area contributed by atoms with Crippen LogP contribution in [-0.2, 0) is 5.41 Å². The first-order chi connectivity index (χ1) is 28.1. The van der Waals surface area contributed by atoms with Gasteiger partial charge in [0.25, 0.3) is 0 Å². The lowest BCUT2D eigenvalue weighted by Gasteiger charge is -2.28. The van der Waals surface area contributed by atoms with Gasteiger partial charge in [-0.1, -0.05) is 182 Å². The zero-order valence-corrected chi connectivity index (χ0v) is 31.4. The topological polar surface area (TPSA) is 38.9 Å². The molecule has 0 N–H and O–H groups in total. The van der Waals surface area contributed by atoms with Crippen LogP contribution in [0.2, 0.25) is 0 Å². The minimum Gasteiger partial charge on any atom is -0.455 e. The zero-order valence-electron chi connectivity index (χ0n) is 31.4. The van der Waals surface area contributed by atoms with Gasteiger partial charge in [-0.05, 0) is 69.6 Å². The molecule has 0 aliphatic heterocycles. The lowest BCUT2D eigenvalue weighted by atomic mass is 9.74. The van der Waals surface area contributed by atoms with Crippen LogP contribution in [0.3, 0.4) is 0 Å². The molecule has 268 valence electrons. The van der Waals surface area contributed by atoms with Crippen molar-refractivity contribution in [3.05, 3.63) is 217 Å². The SMILES string of the molecule is CC1(c2ccccc2)c2ccccc2-c2c(-c3cccc(-c4cc(-c5ccc(-c6cccc7c6oc6ccccc67)cc5)nc(-c5ccccc5)n4)c3)cccc21. The van der Waals surface area contributed by atoms with Gasteiger partial charge in [0.2, 0.25) is 0 Å². The molecule has 10 aromatic rings. The standard InChI is InChI=1S/C54H36N2O/c1-54(40-19-6-3-7-20-40)46-26-10-8-22-45(46)51-41(23-14-27-47(51)54)38-17-12-18-39(33-38)49-34-48(55-53(56-49)37-15-4-2-5-16-37)36-31-29-35(30-32-36)42-24-13-25-44-43-21-9-11-28-50(43)57-52(42)44/h2-34H,1H3. The molecule has 0 saturated heterocycles. The number of fused-ring (bicyclic) bond motifs is 6. The first-order valence-electron chi connectivity index (χ1n) is 19.5. The van der Waals surface area contributed by atoms with E-state index >= 15 is 0 Å². The molecule has 1 atom stereocenters. The molecule has 0 spiro atoms. The third-order valence-electron chi connectivity index (χ3n) is 11.8. The second kappa shape index (κ2) is 13.1. The van der Waals surface area contributed by atoms with Crippen molar-refractivity contribution in [1.82, 2.24) is 9.97 Å². The average molecular weight is 729 g/mol. The summed E-state index contributed by atoms with van der Waals surface area (Å²) in [6, 6.07) is 71.0. The molecule has 3 heteroatoms. The summed E-state index contributed by atoms with van der Waals surface area (Å²) in [5, 5.41) is 2.25. The summed E-state index contributed by atoms with van der Waals surface area (Å²) in [6.07, 6.45) is 0. The summed E-state index contributed by atoms with van der Waals surface area (Å²) in [4.78, 5) is 10.4. The van der Waals surface area contributed by atoms with E-state index in [-0.39, 0.29) is 5.41 Å².